The predicted octanol–water partition coefficient (Wildman–Crippen LogP) is 5.89. The van der Waals surface area contributed by atoms with Gasteiger partial charge in [-0.2, -0.15) is 0 Å². The van der Waals surface area contributed by atoms with Crippen molar-refractivity contribution in [2.24, 2.45) is 5.92 Å². The number of rotatable bonds is 10. The number of nitrogens with one attached hydrogen (secondary N) is 3. The van der Waals surface area contributed by atoms with Crippen molar-refractivity contribution in [1.82, 2.24) is 9.97 Å². The van der Waals surface area contributed by atoms with Gasteiger partial charge in [-0.3, -0.25) is 4.79 Å². The van der Waals surface area contributed by atoms with E-state index in [4.69, 9.17) is 10.1 Å². The highest BCUT2D eigenvalue weighted by atomic mass is 19.2. The summed E-state index contributed by atoms with van der Waals surface area (Å²) in [5, 5.41) is 11.4. The smallest absolute Gasteiger partial charge is 0.262 e. The van der Waals surface area contributed by atoms with E-state index in [0.29, 0.717) is 18.7 Å². The summed E-state index contributed by atoms with van der Waals surface area (Å²) in [5.74, 6) is -1.66. The second kappa shape index (κ2) is 11.0. The predicted molar refractivity (Wildman–Crippen MR) is 131 cm³/mol. The van der Waals surface area contributed by atoms with Gasteiger partial charge in [0.1, 0.15) is 28.6 Å². The van der Waals surface area contributed by atoms with E-state index in [1.54, 1.807) is 0 Å². The monoisotopic (exact) mass is 468 g/mol. The summed E-state index contributed by atoms with van der Waals surface area (Å²) in [6.45, 7) is 6.03. The Hall–Kier alpha value is -3.55. The zero-order chi connectivity index (χ0) is 24.8. The van der Waals surface area contributed by atoms with Gasteiger partial charge in [-0.15, -0.1) is 0 Å². The number of nitrogens with zero attached hydrogens (tertiary/aromatic N) is 1. The normalized spacial score (nSPS) is 11.8. The quantitative estimate of drug-likeness (QED) is 0.324. The molecule has 0 radical (unpaired) electrons. The molecule has 8 heteroatoms. The second-order valence-electron chi connectivity index (χ2n) is 8.54. The molecule has 0 saturated carbocycles. The molecule has 0 aliphatic heterocycles. The van der Waals surface area contributed by atoms with Crippen molar-refractivity contribution in [3.05, 3.63) is 80.9 Å². The maximum atomic E-state index is 14.7. The summed E-state index contributed by atoms with van der Waals surface area (Å²) < 4.78 is 33.9. The summed E-state index contributed by atoms with van der Waals surface area (Å²) in [5.41, 5.74) is 1.29. The van der Waals surface area contributed by atoms with Crippen LogP contribution in [-0.2, 0) is 6.42 Å². The lowest BCUT2D eigenvalue weighted by Crippen LogP contribution is -2.25. The first-order chi connectivity index (χ1) is 16.2. The first-order valence-corrected chi connectivity index (χ1v) is 11.3. The van der Waals surface area contributed by atoms with Crippen molar-refractivity contribution in [1.29, 1.82) is 5.41 Å². The number of methoxy groups -OCH3 is 1. The number of aromatic amines is 1. The van der Waals surface area contributed by atoms with Crippen LogP contribution < -0.4 is 15.6 Å². The number of halogens is 2. The van der Waals surface area contributed by atoms with Crippen LogP contribution in [-0.4, -0.2) is 22.8 Å². The molecule has 1 unspecified atom stereocenters. The number of benzene rings is 2. The van der Waals surface area contributed by atoms with Crippen molar-refractivity contribution in [3.63, 3.8) is 0 Å². The van der Waals surface area contributed by atoms with Crippen LogP contribution in [0, 0.1) is 29.9 Å². The first kappa shape index (κ1) is 25.1. The van der Waals surface area contributed by atoms with Crippen molar-refractivity contribution >= 4 is 17.2 Å². The molecule has 1 heterocycles. The van der Waals surface area contributed by atoms with E-state index < -0.39 is 17.2 Å². The molecular weight excluding hydrogens is 438 g/mol. The lowest BCUT2D eigenvalue weighted by Gasteiger charge is -2.17. The summed E-state index contributed by atoms with van der Waals surface area (Å²) in [4.78, 5) is 20.4. The van der Waals surface area contributed by atoms with Gasteiger partial charge in [0, 0.05) is 12.1 Å². The Morgan fingerprint density at radius 3 is 2.71 bits per heavy atom. The average Bonchev–Trinajstić information content (AvgIpc) is 2.77. The Balaban J connectivity index is 2.09. The van der Waals surface area contributed by atoms with Gasteiger partial charge in [0.15, 0.2) is 11.6 Å². The largest absolute Gasteiger partial charge is 0.494 e. The summed E-state index contributed by atoms with van der Waals surface area (Å²) >= 11 is 0. The molecular formula is C26H30F2N4O2. The van der Waals surface area contributed by atoms with E-state index in [1.165, 1.54) is 13.2 Å². The van der Waals surface area contributed by atoms with Crippen LogP contribution in [0.4, 0.5) is 20.3 Å². The fraction of sp³-hybridized carbons (Fsp3) is 0.346. The molecule has 0 bridgehead atoms. The number of hydrogen-bond acceptors (Lipinski definition) is 5. The summed E-state index contributed by atoms with van der Waals surface area (Å²) in [7, 11) is 1.33. The number of anilines is 2. The summed E-state index contributed by atoms with van der Waals surface area (Å²) in [6.07, 6.45) is 2.53. The third-order valence-electron chi connectivity index (χ3n) is 5.58. The molecule has 180 valence electrons. The van der Waals surface area contributed by atoms with Crippen LogP contribution in [0.25, 0.3) is 0 Å². The van der Waals surface area contributed by atoms with Crippen molar-refractivity contribution in [2.75, 3.05) is 12.4 Å². The molecule has 0 amide bonds. The molecule has 6 nitrogen and oxygen atoms in total. The second-order valence-corrected chi connectivity index (χ2v) is 8.54. The molecule has 0 fully saturated rings. The molecule has 0 aliphatic rings. The van der Waals surface area contributed by atoms with Gasteiger partial charge in [0.2, 0.25) is 0 Å². The lowest BCUT2D eigenvalue weighted by atomic mass is 9.96. The maximum Gasteiger partial charge on any atom is 0.262 e. The standard InChI is InChI=1S/C26H30F2N4O2/c1-5-7-15(2)13-19(29)22-25(32-24-20(34-4)11-10-18(27)23(24)28)30-21(31-26(22)33)14-17-9-6-8-16(3)12-17/h6,8-12,15,29H,5,7,13-14H2,1-4H3,(H2,30,31,32,33). The van der Waals surface area contributed by atoms with Gasteiger partial charge in [0.25, 0.3) is 5.56 Å². The first-order valence-electron chi connectivity index (χ1n) is 11.3. The minimum absolute atomic E-state index is 0.00154. The Morgan fingerprint density at radius 2 is 2.03 bits per heavy atom. The van der Waals surface area contributed by atoms with Crippen molar-refractivity contribution in [2.45, 2.75) is 46.5 Å². The van der Waals surface area contributed by atoms with Crippen LogP contribution in [0.1, 0.15) is 55.6 Å². The Bertz CT molecular complexity index is 1240. The average molecular weight is 469 g/mol. The van der Waals surface area contributed by atoms with Gasteiger partial charge in [0.05, 0.1) is 7.11 Å². The molecule has 1 aromatic heterocycles. The zero-order valence-corrected chi connectivity index (χ0v) is 19.9. The van der Waals surface area contributed by atoms with Gasteiger partial charge in [-0.05, 0) is 37.0 Å². The van der Waals surface area contributed by atoms with Crippen LogP contribution >= 0.6 is 0 Å². The van der Waals surface area contributed by atoms with E-state index in [2.05, 4.69) is 22.2 Å². The van der Waals surface area contributed by atoms with Crippen LogP contribution in [0.3, 0.4) is 0 Å². The minimum atomic E-state index is -1.15. The molecule has 2 aromatic carbocycles. The Morgan fingerprint density at radius 1 is 1.26 bits per heavy atom. The molecule has 3 aromatic rings. The highest BCUT2D eigenvalue weighted by Gasteiger charge is 2.22. The van der Waals surface area contributed by atoms with E-state index >= 15 is 0 Å². The highest BCUT2D eigenvalue weighted by molar-refractivity contribution is 6.02. The molecule has 34 heavy (non-hydrogen) atoms. The number of ether oxygens (including phenoxy) is 1. The fourth-order valence-electron chi connectivity index (χ4n) is 3.97. The lowest BCUT2D eigenvalue weighted by molar-refractivity contribution is 0.409. The van der Waals surface area contributed by atoms with Crippen molar-refractivity contribution in [3.8, 4) is 5.75 Å². The molecule has 3 N–H and O–H groups in total. The highest BCUT2D eigenvalue weighted by Crippen LogP contribution is 2.32. The molecule has 0 spiro atoms. The molecule has 0 aliphatic carbocycles. The number of aryl methyl sites for hydroxylation is 1. The van der Waals surface area contributed by atoms with E-state index in [1.807, 2.05) is 38.1 Å². The molecule has 1 atom stereocenters. The van der Waals surface area contributed by atoms with Crippen molar-refractivity contribution < 1.29 is 13.5 Å². The topological polar surface area (TPSA) is 90.9 Å². The molecule has 3 rings (SSSR count). The van der Waals surface area contributed by atoms with Crippen LogP contribution in [0.2, 0.25) is 0 Å². The van der Waals surface area contributed by atoms with Gasteiger partial charge < -0.3 is 20.4 Å². The third kappa shape index (κ3) is 5.87. The SMILES string of the molecule is CCCC(C)CC(=N)c1c(Nc2c(OC)ccc(F)c2F)nc(Cc2cccc(C)c2)[nH]c1=O. The van der Waals surface area contributed by atoms with E-state index in [-0.39, 0.29) is 34.4 Å². The zero-order valence-electron chi connectivity index (χ0n) is 19.9. The van der Waals surface area contributed by atoms with Gasteiger partial charge in [-0.1, -0.05) is 56.5 Å². The maximum absolute atomic E-state index is 14.7. The Kier molecular flexibility index (Phi) is 8.15. The van der Waals surface area contributed by atoms with Gasteiger partial charge >= 0.3 is 0 Å². The number of hydrogen-bond donors (Lipinski definition) is 3. The fourth-order valence-corrected chi connectivity index (χ4v) is 3.97. The summed E-state index contributed by atoms with van der Waals surface area (Å²) in [6, 6.07) is 10.0. The minimum Gasteiger partial charge on any atom is -0.494 e. The number of aromatic nitrogens is 2. The van der Waals surface area contributed by atoms with Gasteiger partial charge in [-0.25, -0.2) is 13.8 Å². The molecule has 0 saturated heterocycles. The van der Waals surface area contributed by atoms with Crippen LogP contribution in [0.15, 0.2) is 41.2 Å². The third-order valence-corrected chi connectivity index (χ3v) is 5.58. The Labute approximate surface area is 197 Å². The van der Waals surface area contributed by atoms with Crippen LogP contribution in [0.5, 0.6) is 5.75 Å². The van der Waals surface area contributed by atoms with E-state index in [9.17, 15) is 13.6 Å². The number of H-pyrrole nitrogens is 1. The van der Waals surface area contributed by atoms with E-state index in [0.717, 1.165) is 30.0 Å².